The molecule has 9 nitrogen and oxygen atoms in total. The number of piperazine rings is 2. The van der Waals surface area contributed by atoms with Gasteiger partial charge in [0.25, 0.3) is 11.8 Å². The van der Waals surface area contributed by atoms with Gasteiger partial charge in [-0.3, -0.25) is 9.59 Å². The third-order valence-corrected chi connectivity index (χ3v) is 9.05. The molecule has 0 bridgehead atoms. The molecule has 0 radical (unpaired) electrons. The Balaban J connectivity index is 1.29. The number of benzene rings is 3. The van der Waals surface area contributed by atoms with E-state index in [-0.39, 0.29) is 17.9 Å². The van der Waals surface area contributed by atoms with Crippen LogP contribution in [0.25, 0.3) is 0 Å². The number of anilines is 2. The molecular weight excluding hydrogens is 548 g/mol. The molecule has 10 heteroatoms. The third kappa shape index (κ3) is 5.81. The maximum atomic E-state index is 13.9. The largest absolute Gasteiger partial charge is 0.593 e. The van der Waals surface area contributed by atoms with Crippen molar-refractivity contribution in [2.45, 2.75) is 31.7 Å². The van der Waals surface area contributed by atoms with E-state index in [1.807, 2.05) is 79.1 Å². The Labute approximate surface area is 250 Å². The van der Waals surface area contributed by atoms with E-state index < -0.39 is 11.4 Å². The maximum Gasteiger partial charge on any atom is 0.254 e. The molecule has 42 heavy (non-hydrogen) atoms. The number of rotatable bonds is 5. The fourth-order valence-electron chi connectivity index (χ4n) is 6.00. The van der Waals surface area contributed by atoms with Crippen LogP contribution in [-0.2, 0) is 11.4 Å². The molecule has 2 unspecified atom stereocenters. The first kappa shape index (κ1) is 29.5. The molecule has 0 aromatic heterocycles. The molecule has 2 aliphatic rings. The first-order valence-electron chi connectivity index (χ1n) is 14.1. The fourth-order valence-corrected chi connectivity index (χ4v) is 6.62. The van der Waals surface area contributed by atoms with E-state index in [0.717, 1.165) is 22.5 Å². The summed E-state index contributed by atoms with van der Waals surface area (Å²) in [6.07, 6.45) is 0. The van der Waals surface area contributed by atoms with Crippen LogP contribution in [0.4, 0.5) is 11.4 Å². The zero-order valence-corrected chi connectivity index (χ0v) is 25.1. The number of nitrogens with zero attached hydrogens (tertiary/aromatic N) is 5. The van der Waals surface area contributed by atoms with Crippen LogP contribution in [0.1, 0.15) is 44.3 Å². The molecule has 2 atom stereocenters. The van der Waals surface area contributed by atoms with E-state index in [1.54, 1.807) is 12.1 Å². The summed E-state index contributed by atoms with van der Waals surface area (Å²) >= 11 is -1.60. The van der Waals surface area contributed by atoms with Crippen molar-refractivity contribution >= 4 is 34.6 Å². The van der Waals surface area contributed by atoms with Crippen LogP contribution in [-0.4, -0.2) is 78.0 Å². The van der Waals surface area contributed by atoms with Crippen LogP contribution in [0.5, 0.6) is 0 Å². The molecule has 2 amide bonds. The number of hydrogen-bond acceptors (Lipinski definition) is 7. The normalized spacial score (nSPS) is 18.0. The standard InChI is InChI=1S/C32H36N6O3S/c1-22-18-23(2)27(32(40)38-17-16-37(21-24(38)3)29-10-6-7-11-30(29)42(34)41)19-26(22)31(39)36-14-12-35(13-15-36)28-9-5-4-8-25(28)20-33/h4-11,18-19,24H,12-17,21,34H2,1-3H3. The number of carbonyl (C=O) groups is 2. The van der Waals surface area contributed by atoms with Gasteiger partial charge < -0.3 is 24.2 Å². The van der Waals surface area contributed by atoms with Crippen molar-refractivity contribution in [2.24, 2.45) is 5.14 Å². The lowest BCUT2D eigenvalue weighted by Gasteiger charge is -2.41. The number of hydrogen-bond donors (Lipinski definition) is 1. The minimum atomic E-state index is -1.60. The second-order valence-corrected chi connectivity index (χ2v) is 12.0. The van der Waals surface area contributed by atoms with E-state index in [9.17, 15) is 19.4 Å². The monoisotopic (exact) mass is 584 g/mol. The van der Waals surface area contributed by atoms with Gasteiger partial charge in [0.05, 0.1) is 28.3 Å². The predicted molar refractivity (Wildman–Crippen MR) is 165 cm³/mol. The topological polar surface area (TPSA) is 120 Å². The summed E-state index contributed by atoms with van der Waals surface area (Å²) in [4.78, 5) is 36.1. The summed E-state index contributed by atoms with van der Waals surface area (Å²) in [7, 11) is 0. The van der Waals surface area contributed by atoms with E-state index in [4.69, 9.17) is 5.14 Å². The minimum absolute atomic E-state index is 0.0842. The molecule has 0 saturated carbocycles. The molecule has 5 rings (SSSR count). The molecule has 3 aromatic rings. The van der Waals surface area contributed by atoms with Crippen LogP contribution in [0.2, 0.25) is 0 Å². The van der Waals surface area contributed by atoms with Gasteiger partial charge in [0.2, 0.25) is 0 Å². The zero-order valence-electron chi connectivity index (χ0n) is 24.2. The number of nitrogens with two attached hydrogens (primary N) is 1. The highest BCUT2D eigenvalue weighted by molar-refractivity contribution is 7.89. The van der Waals surface area contributed by atoms with Gasteiger partial charge in [-0.1, -0.05) is 30.3 Å². The lowest BCUT2D eigenvalue weighted by Crippen LogP contribution is -2.54. The second-order valence-electron chi connectivity index (χ2n) is 10.9. The number of nitriles is 1. The van der Waals surface area contributed by atoms with Gasteiger partial charge in [0.1, 0.15) is 6.07 Å². The van der Waals surface area contributed by atoms with E-state index in [0.29, 0.717) is 67.4 Å². The van der Waals surface area contributed by atoms with Gasteiger partial charge in [-0.25, -0.2) is 0 Å². The van der Waals surface area contributed by atoms with Crippen molar-refractivity contribution in [2.75, 3.05) is 55.6 Å². The Morgan fingerprint density at radius 2 is 1.45 bits per heavy atom. The van der Waals surface area contributed by atoms with Gasteiger partial charge in [-0.05, 0) is 62.2 Å². The highest BCUT2D eigenvalue weighted by atomic mass is 32.2. The average Bonchev–Trinajstić information content (AvgIpc) is 3.00. The summed E-state index contributed by atoms with van der Waals surface area (Å²) in [6, 6.07) is 20.8. The first-order valence-corrected chi connectivity index (χ1v) is 15.4. The number of amides is 2. The molecule has 218 valence electrons. The highest BCUT2D eigenvalue weighted by Crippen LogP contribution is 2.28. The average molecular weight is 585 g/mol. The Kier molecular flexibility index (Phi) is 8.73. The number of aryl methyl sites for hydroxylation is 2. The fraction of sp³-hybridized carbons (Fsp3) is 0.344. The van der Waals surface area contributed by atoms with E-state index in [2.05, 4.69) is 15.9 Å². The summed E-state index contributed by atoms with van der Waals surface area (Å²) in [6.45, 7) is 9.80. The Morgan fingerprint density at radius 1 is 0.857 bits per heavy atom. The molecule has 0 spiro atoms. The number of carbonyl (C=O) groups excluding carboxylic acids is 2. The van der Waals surface area contributed by atoms with Crippen molar-refractivity contribution in [1.82, 2.24) is 9.80 Å². The van der Waals surface area contributed by atoms with Crippen molar-refractivity contribution in [3.8, 4) is 6.07 Å². The van der Waals surface area contributed by atoms with Gasteiger partial charge >= 0.3 is 0 Å². The lowest BCUT2D eigenvalue weighted by atomic mass is 9.97. The van der Waals surface area contributed by atoms with Crippen molar-refractivity contribution in [3.05, 3.63) is 88.5 Å². The van der Waals surface area contributed by atoms with Crippen LogP contribution < -0.4 is 14.9 Å². The van der Waals surface area contributed by atoms with E-state index >= 15 is 0 Å². The predicted octanol–water partition coefficient (Wildman–Crippen LogP) is 3.47. The smallest absolute Gasteiger partial charge is 0.254 e. The molecule has 0 aliphatic carbocycles. The molecule has 2 heterocycles. The van der Waals surface area contributed by atoms with Gasteiger partial charge in [0.15, 0.2) is 4.90 Å². The van der Waals surface area contributed by atoms with Crippen molar-refractivity contribution in [1.29, 1.82) is 5.26 Å². The molecule has 2 fully saturated rings. The van der Waals surface area contributed by atoms with Crippen LogP contribution in [0.15, 0.2) is 65.6 Å². The lowest BCUT2D eigenvalue weighted by molar-refractivity contribution is 0.0673. The SMILES string of the molecule is Cc1cc(C)c(C(=O)N2CCN(c3ccccc3[S+](N)[O-])CC2C)cc1C(=O)N1CCN(c2ccccc2C#N)CC1. The molecule has 2 saturated heterocycles. The Morgan fingerprint density at radius 3 is 2.10 bits per heavy atom. The Hall–Kier alpha value is -4.04. The summed E-state index contributed by atoms with van der Waals surface area (Å²) in [5, 5.41) is 15.2. The maximum absolute atomic E-state index is 13.9. The summed E-state index contributed by atoms with van der Waals surface area (Å²) in [5.41, 5.74) is 5.10. The Bertz CT molecular complexity index is 1530. The molecule has 2 aliphatic heterocycles. The zero-order chi connectivity index (χ0) is 30.0. The minimum Gasteiger partial charge on any atom is -0.593 e. The van der Waals surface area contributed by atoms with Crippen LogP contribution >= 0.6 is 0 Å². The van der Waals surface area contributed by atoms with Gasteiger partial charge in [-0.15, -0.1) is 5.14 Å². The van der Waals surface area contributed by atoms with E-state index in [1.165, 1.54) is 0 Å². The third-order valence-electron chi connectivity index (χ3n) is 8.28. The highest BCUT2D eigenvalue weighted by Gasteiger charge is 2.32. The summed E-state index contributed by atoms with van der Waals surface area (Å²) in [5.74, 6) is -0.179. The van der Waals surface area contributed by atoms with Gasteiger partial charge in [0, 0.05) is 63.0 Å². The molecular formula is C32H36N6O3S. The van der Waals surface area contributed by atoms with Crippen molar-refractivity contribution in [3.63, 3.8) is 0 Å². The van der Waals surface area contributed by atoms with Gasteiger partial charge in [-0.2, -0.15) is 5.26 Å². The quantitative estimate of drug-likeness (QED) is 0.456. The first-order chi connectivity index (χ1) is 20.2. The summed E-state index contributed by atoms with van der Waals surface area (Å²) < 4.78 is 12.1. The molecule has 3 aromatic carbocycles. The van der Waals surface area contributed by atoms with Crippen LogP contribution in [0.3, 0.4) is 0 Å². The molecule has 2 N–H and O–H groups in total. The van der Waals surface area contributed by atoms with Crippen molar-refractivity contribution < 1.29 is 14.1 Å². The number of para-hydroxylation sites is 2. The second kappa shape index (κ2) is 12.4. The van der Waals surface area contributed by atoms with Crippen LogP contribution in [0, 0.1) is 25.2 Å².